The zero-order chi connectivity index (χ0) is 16.8. The minimum atomic E-state index is -0.434. The van der Waals surface area contributed by atoms with E-state index in [0.717, 1.165) is 38.9 Å². The van der Waals surface area contributed by atoms with Crippen molar-refractivity contribution in [3.05, 3.63) is 0 Å². The molecule has 0 bridgehead atoms. The topological polar surface area (TPSA) is 65.4 Å². The Labute approximate surface area is 135 Å². The number of hydrogen-bond acceptors (Lipinski definition) is 4. The highest BCUT2D eigenvalue weighted by atomic mass is 16.6. The molecule has 0 radical (unpaired) electrons. The molecule has 1 rings (SSSR count). The predicted octanol–water partition coefficient (Wildman–Crippen LogP) is 3.31. The van der Waals surface area contributed by atoms with Crippen LogP contribution in [0.3, 0.4) is 0 Å². The summed E-state index contributed by atoms with van der Waals surface area (Å²) in [6.07, 6.45) is 3.21. The Balaban J connectivity index is 2.31. The monoisotopic (exact) mass is 309 g/mol. The van der Waals surface area contributed by atoms with Crippen molar-refractivity contribution < 1.29 is 9.53 Å². The van der Waals surface area contributed by atoms with Gasteiger partial charge < -0.3 is 15.0 Å². The summed E-state index contributed by atoms with van der Waals surface area (Å²) >= 11 is 0. The van der Waals surface area contributed by atoms with Crippen molar-refractivity contribution in [2.24, 2.45) is 5.41 Å². The number of carbonyl (C=O) groups excluding carboxylic acids is 1. The molecule has 1 aliphatic rings. The van der Waals surface area contributed by atoms with Gasteiger partial charge in [0.15, 0.2) is 0 Å². The second-order valence-electron chi connectivity index (χ2n) is 7.94. The maximum Gasteiger partial charge on any atom is 0.410 e. The van der Waals surface area contributed by atoms with Crippen molar-refractivity contribution >= 4 is 6.09 Å². The van der Waals surface area contributed by atoms with E-state index in [0.29, 0.717) is 12.5 Å². The molecule has 0 aromatic carbocycles. The van der Waals surface area contributed by atoms with Crippen molar-refractivity contribution in [3.63, 3.8) is 0 Å². The summed E-state index contributed by atoms with van der Waals surface area (Å²) in [5.74, 6) is 0. The van der Waals surface area contributed by atoms with Crippen molar-refractivity contribution in [3.8, 4) is 6.07 Å². The minimum absolute atomic E-state index is 0.137. The molecule has 1 amide bonds. The minimum Gasteiger partial charge on any atom is -0.444 e. The highest BCUT2D eigenvalue weighted by molar-refractivity contribution is 5.68. The number of likely N-dealkylation sites (tertiary alicyclic amines) is 1. The molecule has 0 unspecified atom stereocenters. The summed E-state index contributed by atoms with van der Waals surface area (Å²) < 4.78 is 5.41. The lowest BCUT2D eigenvalue weighted by Gasteiger charge is -2.35. The molecular weight excluding hydrogens is 278 g/mol. The molecule has 1 aliphatic heterocycles. The highest BCUT2D eigenvalue weighted by Gasteiger charge is 2.27. The van der Waals surface area contributed by atoms with Crippen LogP contribution in [0.15, 0.2) is 0 Å². The van der Waals surface area contributed by atoms with Gasteiger partial charge in [0.05, 0.1) is 6.07 Å². The third-order valence-corrected chi connectivity index (χ3v) is 3.93. The van der Waals surface area contributed by atoms with E-state index in [1.165, 1.54) is 0 Å². The molecule has 1 saturated heterocycles. The van der Waals surface area contributed by atoms with E-state index in [-0.39, 0.29) is 11.5 Å². The SMILES string of the molecule is CC(C)(CCC#N)CNC1CCN(C(=O)OC(C)(C)C)CC1. The number of ether oxygens (including phenoxy) is 1. The molecule has 0 spiro atoms. The Morgan fingerprint density at radius 2 is 1.86 bits per heavy atom. The van der Waals surface area contributed by atoms with Crippen LogP contribution in [0.1, 0.15) is 60.3 Å². The van der Waals surface area contributed by atoms with Crippen LogP contribution in [0, 0.1) is 16.7 Å². The highest BCUT2D eigenvalue weighted by Crippen LogP contribution is 2.22. The molecule has 22 heavy (non-hydrogen) atoms. The fourth-order valence-corrected chi connectivity index (χ4v) is 2.50. The number of nitrogens with zero attached hydrogens (tertiary/aromatic N) is 2. The van der Waals surface area contributed by atoms with E-state index < -0.39 is 5.60 Å². The smallest absolute Gasteiger partial charge is 0.410 e. The van der Waals surface area contributed by atoms with Gasteiger partial charge in [-0.1, -0.05) is 13.8 Å². The second kappa shape index (κ2) is 7.82. The van der Waals surface area contributed by atoms with E-state index >= 15 is 0 Å². The summed E-state index contributed by atoms with van der Waals surface area (Å²) in [6, 6.07) is 2.66. The van der Waals surface area contributed by atoms with Gasteiger partial charge in [0, 0.05) is 32.1 Å². The second-order valence-corrected chi connectivity index (χ2v) is 7.94. The summed E-state index contributed by atoms with van der Waals surface area (Å²) in [5.41, 5.74) is -0.297. The first kappa shape index (κ1) is 18.8. The summed E-state index contributed by atoms with van der Waals surface area (Å²) in [4.78, 5) is 13.8. The number of hydrogen-bond donors (Lipinski definition) is 1. The number of nitrogens with one attached hydrogen (secondary N) is 1. The summed E-state index contributed by atoms with van der Waals surface area (Å²) in [7, 11) is 0. The Hall–Kier alpha value is -1.28. The zero-order valence-electron chi connectivity index (χ0n) is 14.7. The van der Waals surface area contributed by atoms with E-state index in [9.17, 15) is 4.79 Å². The van der Waals surface area contributed by atoms with Crippen LogP contribution in [0.5, 0.6) is 0 Å². The zero-order valence-corrected chi connectivity index (χ0v) is 14.7. The molecule has 5 nitrogen and oxygen atoms in total. The molecular formula is C17H31N3O2. The van der Waals surface area contributed by atoms with Gasteiger partial charge in [-0.25, -0.2) is 4.79 Å². The van der Waals surface area contributed by atoms with Crippen LogP contribution in [-0.2, 0) is 4.74 Å². The summed E-state index contributed by atoms with van der Waals surface area (Å²) in [5, 5.41) is 12.3. The van der Waals surface area contributed by atoms with Gasteiger partial charge in [-0.05, 0) is 45.4 Å². The van der Waals surface area contributed by atoms with Crippen molar-refractivity contribution in [1.29, 1.82) is 5.26 Å². The van der Waals surface area contributed by atoms with Crippen molar-refractivity contribution in [1.82, 2.24) is 10.2 Å². The molecule has 0 saturated carbocycles. The molecule has 0 aromatic heterocycles. The molecule has 1 N–H and O–H groups in total. The normalized spacial score (nSPS) is 17.2. The van der Waals surface area contributed by atoms with Gasteiger partial charge in [0.2, 0.25) is 0 Å². The van der Waals surface area contributed by atoms with E-state index in [2.05, 4.69) is 25.2 Å². The first-order valence-corrected chi connectivity index (χ1v) is 8.21. The first-order valence-electron chi connectivity index (χ1n) is 8.21. The van der Waals surface area contributed by atoms with Crippen LogP contribution in [0.2, 0.25) is 0 Å². The van der Waals surface area contributed by atoms with E-state index in [4.69, 9.17) is 10.00 Å². The number of carbonyl (C=O) groups is 1. The molecule has 0 atom stereocenters. The standard InChI is InChI=1S/C17H31N3O2/c1-16(2,3)22-15(21)20-11-7-14(8-12-20)19-13-17(4,5)9-6-10-18/h14,19H,6-9,11-13H2,1-5H3. The van der Waals surface area contributed by atoms with Crippen LogP contribution < -0.4 is 5.32 Å². The van der Waals surface area contributed by atoms with Crippen LogP contribution in [0.4, 0.5) is 4.79 Å². The van der Waals surface area contributed by atoms with Gasteiger partial charge in [-0.2, -0.15) is 5.26 Å². The fraction of sp³-hybridized carbons (Fsp3) is 0.882. The van der Waals surface area contributed by atoms with Gasteiger partial charge in [0.25, 0.3) is 0 Å². The van der Waals surface area contributed by atoms with Gasteiger partial charge in [-0.15, -0.1) is 0 Å². The fourth-order valence-electron chi connectivity index (χ4n) is 2.50. The third kappa shape index (κ3) is 7.13. The number of rotatable bonds is 5. The van der Waals surface area contributed by atoms with E-state index in [1.807, 2.05) is 20.8 Å². The average molecular weight is 309 g/mol. The molecule has 0 aliphatic carbocycles. The number of amides is 1. The molecule has 1 fully saturated rings. The lowest BCUT2D eigenvalue weighted by molar-refractivity contribution is 0.0196. The molecule has 126 valence electrons. The average Bonchev–Trinajstić information content (AvgIpc) is 2.42. The van der Waals surface area contributed by atoms with Crippen LogP contribution in [0.25, 0.3) is 0 Å². The molecule has 5 heteroatoms. The Bertz CT molecular complexity index is 399. The number of piperidine rings is 1. The maximum atomic E-state index is 12.0. The lowest BCUT2D eigenvalue weighted by Crippen LogP contribution is -2.48. The maximum absolute atomic E-state index is 12.0. The Morgan fingerprint density at radius 3 is 2.36 bits per heavy atom. The van der Waals surface area contributed by atoms with Crippen molar-refractivity contribution in [2.75, 3.05) is 19.6 Å². The van der Waals surface area contributed by atoms with Crippen molar-refractivity contribution in [2.45, 2.75) is 71.9 Å². The third-order valence-electron chi connectivity index (χ3n) is 3.93. The quantitative estimate of drug-likeness (QED) is 0.846. The van der Waals surface area contributed by atoms with Crippen LogP contribution in [-0.4, -0.2) is 42.3 Å². The van der Waals surface area contributed by atoms with Crippen LogP contribution >= 0.6 is 0 Å². The largest absolute Gasteiger partial charge is 0.444 e. The van der Waals surface area contributed by atoms with Gasteiger partial charge in [-0.3, -0.25) is 0 Å². The Morgan fingerprint density at radius 1 is 1.27 bits per heavy atom. The Kier molecular flexibility index (Phi) is 6.67. The lowest BCUT2D eigenvalue weighted by atomic mass is 9.87. The first-order chi connectivity index (χ1) is 10.1. The molecule has 0 aromatic rings. The predicted molar refractivity (Wildman–Crippen MR) is 87.5 cm³/mol. The summed E-state index contributed by atoms with van der Waals surface area (Å²) in [6.45, 7) is 12.4. The number of nitriles is 1. The van der Waals surface area contributed by atoms with E-state index in [1.54, 1.807) is 4.90 Å². The van der Waals surface area contributed by atoms with Gasteiger partial charge >= 0.3 is 6.09 Å². The van der Waals surface area contributed by atoms with Gasteiger partial charge in [0.1, 0.15) is 5.60 Å². The molecule has 1 heterocycles.